The normalized spacial score (nSPS) is 13.8. The van der Waals surface area contributed by atoms with Crippen molar-refractivity contribution >= 4 is 37.3 Å². The van der Waals surface area contributed by atoms with Crippen LogP contribution < -0.4 is 10.2 Å². The monoisotopic (exact) mass is 452 g/mol. The fourth-order valence-corrected chi connectivity index (χ4v) is 4.90. The standard InChI is InChI=1S/C20H21FN2O5S2/c1-20(19(24)23-25,30(3,26)27)9-8-18-22-16-7-4-12(10-17(16)29-18)14-6-5-13(28-2)11-15(14)21/h4-7,10-11,25H,8-9H2,1-3H3,(H,23,24)/t20-/m1/s1. The van der Waals surface area contributed by atoms with Gasteiger partial charge in [0.1, 0.15) is 16.3 Å². The molecule has 0 aliphatic heterocycles. The van der Waals surface area contributed by atoms with E-state index in [0.717, 1.165) is 11.0 Å². The van der Waals surface area contributed by atoms with E-state index in [1.54, 1.807) is 24.3 Å². The van der Waals surface area contributed by atoms with Gasteiger partial charge in [-0.2, -0.15) is 0 Å². The molecule has 3 aromatic rings. The number of halogens is 1. The second-order valence-electron chi connectivity index (χ2n) is 7.08. The van der Waals surface area contributed by atoms with Crippen molar-refractivity contribution in [1.82, 2.24) is 10.5 Å². The number of aromatic nitrogens is 1. The molecule has 1 atom stereocenters. The van der Waals surface area contributed by atoms with Gasteiger partial charge in [-0.3, -0.25) is 10.0 Å². The average molecular weight is 453 g/mol. The zero-order chi connectivity index (χ0) is 22.1. The number of carbonyl (C=O) groups is 1. The zero-order valence-corrected chi connectivity index (χ0v) is 18.2. The van der Waals surface area contributed by atoms with Crippen LogP contribution in [0.1, 0.15) is 18.4 Å². The minimum atomic E-state index is -3.78. The predicted molar refractivity (Wildman–Crippen MR) is 113 cm³/mol. The van der Waals surface area contributed by atoms with Crippen molar-refractivity contribution < 1.29 is 27.5 Å². The van der Waals surface area contributed by atoms with Crippen LogP contribution in [0, 0.1) is 5.82 Å². The van der Waals surface area contributed by atoms with Gasteiger partial charge in [0.15, 0.2) is 9.84 Å². The molecular formula is C20H21FN2O5S2. The van der Waals surface area contributed by atoms with Gasteiger partial charge in [-0.25, -0.2) is 23.3 Å². The number of hydroxylamine groups is 1. The second kappa shape index (κ2) is 8.29. The third-order valence-corrected chi connectivity index (χ3v) is 8.24. The van der Waals surface area contributed by atoms with Crippen LogP contribution in [0.25, 0.3) is 21.3 Å². The van der Waals surface area contributed by atoms with Crippen LogP contribution >= 0.6 is 11.3 Å². The number of nitrogens with zero attached hydrogens (tertiary/aromatic N) is 1. The van der Waals surface area contributed by atoms with Crippen LogP contribution in [0.3, 0.4) is 0 Å². The van der Waals surface area contributed by atoms with Crippen molar-refractivity contribution in [3.8, 4) is 16.9 Å². The Bertz CT molecular complexity index is 1210. The summed E-state index contributed by atoms with van der Waals surface area (Å²) in [5, 5.41) is 9.56. The Balaban J connectivity index is 1.89. The average Bonchev–Trinajstić information content (AvgIpc) is 3.12. The number of hydrogen-bond donors (Lipinski definition) is 2. The molecule has 0 aliphatic rings. The molecule has 1 heterocycles. The lowest BCUT2D eigenvalue weighted by Crippen LogP contribution is -2.49. The largest absolute Gasteiger partial charge is 0.497 e. The van der Waals surface area contributed by atoms with Gasteiger partial charge < -0.3 is 4.74 Å². The number of thiazole rings is 1. The highest BCUT2D eigenvalue weighted by atomic mass is 32.2. The maximum absolute atomic E-state index is 14.4. The lowest BCUT2D eigenvalue weighted by atomic mass is 10.0. The van der Waals surface area contributed by atoms with Crippen LogP contribution in [-0.2, 0) is 21.1 Å². The van der Waals surface area contributed by atoms with Crippen LogP contribution in [0.2, 0.25) is 0 Å². The number of aryl methyl sites for hydroxylation is 1. The molecular weight excluding hydrogens is 431 g/mol. The van der Waals surface area contributed by atoms with Gasteiger partial charge in [0.25, 0.3) is 5.91 Å². The number of rotatable bonds is 7. The minimum absolute atomic E-state index is 0.0436. The zero-order valence-electron chi connectivity index (χ0n) is 16.6. The summed E-state index contributed by atoms with van der Waals surface area (Å²) in [4.78, 5) is 16.4. The van der Waals surface area contributed by atoms with Gasteiger partial charge >= 0.3 is 0 Å². The molecule has 30 heavy (non-hydrogen) atoms. The maximum Gasteiger partial charge on any atom is 0.264 e. The first-order chi connectivity index (χ1) is 14.1. The SMILES string of the molecule is COc1ccc(-c2ccc3nc(CC[C@](C)(C(=O)NO)S(C)(=O)=O)sc3c2)c(F)c1. The number of hydrogen-bond acceptors (Lipinski definition) is 7. The highest BCUT2D eigenvalue weighted by Gasteiger charge is 2.43. The molecule has 3 rings (SSSR count). The second-order valence-corrected chi connectivity index (χ2v) is 10.6. The van der Waals surface area contributed by atoms with E-state index < -0.39 is 26.3 Å². The molecule has 0 aliphatic carbocycles. The van der Waals surface area contributed by atoms with Crippen LogP contribution in [0.15, 0.2) is 36.4 Å². The summed E-state index contributed by atoms with van der Waals surface area (Å²) in [5.74, 6) is -0.959. The van der Waals surface area contributed by atoms with E-state index in [9.17, 15) is 17.6 Å². The van der Waals surface area contributed by atoms with Crippen molar-refractivity contribution in [1.29, 1.82) is 0 Å². The summed E-state index contributed by atoms with van der Waals surface area (Å²) < 4.78 is 42.6. The lowest BCUT2D eigenvalue weighted by molar-refractivity contribution is -0.131. The van der Waals surface area contributed by atoms with Gasteiger partial charge in [0, 0.05) is 24.3 Å². The molecule has 1 amide bonds. The molecule has 0 unspecified atom stereocenters. The molecule has 2 N–H and O–H groups in total. The minimum Gasteiger partial charge on any atom is -0.497 e. The Morgan fingerprint density at radius 2 is 2.03 bits per heavy atom. The molecule has 0 spiro atoms. The lowest BCUT2D eigenvalue weighted by Gasteiger charge is -2.24. The first kappa shape index (κ1) is 22.1. The molecule has 0 saturated heterocycles. The number of carbonyl (C=O) groups excluding carboxylic acids is 1. The van der Waals surface area contributed by atoms with Crippen molar-refractivity contribution in [2.45, 2.75) is 24.5 Å². The first-order valence-electron chi connectivity index (χ1n) is 8.96. The molecule has 2 aromatic carbocycles. The van der Waals surface area contributed by atoms with E-state index in [4.69, 9.17) is 9.94 Å². The van der Waals surface area contributed by atoms with E-state index in [2.05, 4.69) is 4.98 Å². The Hall–Kier alpha value is -2.56. The van der Waals surface area contributed by atoms with E-state index in [1.807, 2.05) is 6.07 Å². The van der Waals surface area contributed by atoms with Gasteiger partial charge in [0.05, 0.1) is 22.3 Å². The van der Waals surface area contributed by atoms with Gasteiger partial charge in [-0.15, -0.1) is 11.3 Å². The summed E-state index contributed by atoms with van der Waals surface area (Å²) >= 11 is 1.34. The molecule has 0 bridgehead atoms. The maximum atomic E-state index is 14.4. The fraction of sp³-hybridized carbons (Fsp3) is 0.300. The number of sulfone groups is 1. The van der Waals surface area contributed by atoms with Crippen molar-refractivity contribution in [2.75, 3.05) is 13.4 Å². The van der Waals surface area contributed by atoms with Crippen LogP contribution in [0.5, 0.6) is 5.75 Å². The molecule has 0 fully saturated rings. The number of benzene rings is 2. The van der Waals surface area contributed by atoms with E-state index >= 15 is 0 Å². The molecule has 0 saturated carbocycles. The fourth-order valence-electron chi connectivity index (χ4n) is 3.03. The van der Waals surface area contributed by atoms with Crippen molar-refractivity contribution in [2.24, 2.45) is 0 Å². The van der Waals surface area contributed by atoms with Gasteiger partial charge in [-0.05, 0) is 43.2 Å². The van der Waals surface area contributed by atoms with Crippen molar-refractivity contribution in [3.05, 3.63) is 47.2 Å². The number of amides is 1. The smallest absolute Gasteiger partial charge is 0.264 e. The Labute approximate surface area is 177 Å². The van der Waals surface area contributed by atoms with Crippen molar-refractivity contribution in [3.63, 3.8) is 0 Å². The predicted octanol–water partition coefficient (Wildman–Crippen LogP) is 3.35. The summed E-state index contributed by atoms with van der Waals surface area (Å²) in [6, 6.07) is 9.98. The summed E-state index contributed by atoms with van der Waals surface area (Å²) in [6.07, 6.45) is 1.14. The number of fused-ring (bicyclic) bond motifs is 1. The Morgan fingerprint density at radius 1 is 1.30 bits per heavy atom. The van der Waals surface area contributed by atoms with Gasteiger partial charge in [-0.1, -0.05) is 6.07 Å². The molecule has 10 heteroatoms. The molecule has 1 aromatic heterocycles. The highest BCUT2D eigenvalue weighted by molar-refractivity contribution is 7.92. The Morgan fingerprint density at radius 3 is 2.63 bits per heavy atom. The summed E-state index contributed by atoms with van der Waals surface area (Å²) in [6.45, 7) is 1.27. The van der Waals surface area contributed by atoms with E-state index in [0.29, 0.717) is 27.4 Å². The van der Waals surface area contributed by atoms with E-state index in [-0.39, 0.29) is 12.8 Å². The number of methoxy groups -OCH3 is 1. The quantitative estimate of drug-likeness (QED) is 0.421. The van der Waals surface area contributed by atoms with Crippen LogP contribution in [0.4, 0.5) is 4.39 Å². The highest BCUT2D eigenvalue weighted by Crippen LogP contribution is 2.32. The third-order valence-electron chi connectivity index (χ3n) is 5.14. The number of ether oxygens (including phenoxy) is 1. The topological polar surface area (TPSA) is 106 Å². The Kier molecular flexibility index (Phi) is 6.11. The first-order valence-corrected chi connectivity index (χ1v) is 11.7. The molecule has 160 valence electrons. The van der Waals surface area contributed by atoms with Crippen LogP contribution in [-0.4, -0.2) is 42.6 Å². The van der Waals surface area contributed by atoms with E-state index in [1.165, 1.54) is 36.9 Å². The number of nitrogens with one attached hydrogen (secondary N) is 1. The summed E-state index contributed by atoms with van der Waals surface area (Å²) in [5.41, 5.74) is 3.24. The third kappa shape index (κ3) is 4.16. The molecule has 7 nitrogen and oxygen atoms in total. The summed E-state index contributed by atoms with van der Waals surface area (Å²) in [7, 11) is -2.31. The van der Waals surface area contributed by atoms with Gasteiger partial charge in [0.2, 0.25) is 0 Å². The molecule has 0 radical (unpaired) electrons.